The number of ether oxygens (including phenoxy) is 2. The summed E-state index contributed by atoms with van der Waals surface area (Å²) < 4.78 is 12.0. The first-order valence-corrected chi connectivity index (χ1v) is 9.53. The second kappa shape index (κ2) is 11.8. The monoisotopic (exact) mass is 405 g/mol. The van der Waals surface area contributed by atoms with Crippen LogP contribution in [0.3, 0.4) is 0 Å². The molecule has 0 aliphatic heterocycles. The van der Waals surface area contributed by atoms with Crippen molar-refractivity contribution in [1.82, 2.24) is 4.90 Å². The van der Waals surface area contributed by atoms with E-state index in [0.29, 0.717) is 25.7 Å². The molecule has 0 aliphatic carbocycles. The molecule has 0 fully saturated rings. The summed E-state index contributed by atoms with van der Waals surface area (Å²) in [4.78, 5) is 15.3. The van der Waals surface area contributed by atoms with Crippen molar-refractivity contribution >= 4 is 18.4 Å². The Kier molecular flexibility index (Phi) is 10.2. The molecule has 2 aromatic carbocycles. The quantitative estimate of drug-likeness (QED) is 0.545. The first-order chi connectivity index (χ1) is 13.0. The maximum atomic E-state index is 13.4. The minimum atomic E-state index is -1.26. The Morgan fingerprint density at radius 3 is 1.86 bits per heavy atom. The molecule has 28 heavy (non-hydrogen) atoms. The van der Waals surface area contributed by atoms with Gasteiger partial charge in [-0.1, -0.05) is 74.5 Å². The first-order valence-electron chi connectivity index (χ1n) is 9.53. The van der Waals surface area contributed by atoms with E-state index in [1.165, 1.54) is 0 Å². The molecule has 0 heterocycles. The lowest BCUT2D eigenvalue weighted by Gasteiger charge is -2.33. The van der Waals surface area contributed by atoms with Gasteiger partial charge in [-0.05, 0) is 37.6 Å². The van der Waals surface area contributed by atoms with Crippen LogP contribution in [0.15, 0.2) is 60.7 Å². The van der Waals surface area contributed by atoms with E-state index in [1.807, 2.05) is 79.7 Å². The molecule has 0 unspecified atom stereocenters. The summed E-state index contributed by atoms with van der Waals surface area (Å²) in [6, 6.07) is 19.3. The molecule has 0 atom stereocenters. The molecule has 0 aromatic heterocycles. The summed E-state index contributed by atoms with van der Waals surface area (Å²) in [5.74, 6) is 0.115. The number of esters is 1. The van der Waals surface area contributed by atoms with E-state index in [9.17, 15) is 4.79 Å². The van der Waals surface area contributed by atoms with E-state index in [4.69, 9.17) is 9.47 Å². The van der Waals surface area contributed by atoms with Crippen LogP contribution >= 0.6 is 12.4 Å². The molecule has 2 rings (SSSR count). The third kappa shape index (κ3) is 6.33. The topological polar surface area (TPSA) is 38.8 Å². The molecule has 0 bridgehead atoms. The molecule has 0 saturated heterocycles. The van der Waals surface area contributed by atoms with Crippen molar-refractivity contribution in [2.75, 3.05) is 33.9 Å². The molecule has 0 aliphatic rings. The third-order valence-corrected chi connectivity index (χ3v) is 4.43. The Balaban J connectivity index is 0.00000392. The maximum absolute atomic E-state index is 13.4. The normalized spacial score (nSPS) is 11.4. The van der Waals surface area contributed by atoms with Gasteiger partial charge in [-0.25, -0.2) is 4.79 Å². The van der Waals surface area contributed by atoms with Gasteiger partial charge in [0.2, 0.25) is 5.60 Å². The van der Waals surface area contributed by atoms with Crippen molar-refractivity contribution in [3.05, 3.63) is 71.8 Å². The highest BCUT2D eigenvalue weighted by Gasteiger charge is 2.45. The van der Waals surface area contributed by atoms with E-state index >= 15 is 0 Å². The predicted molar refractivity (Wildman–Crippen MR) is 116 cm³/mol. The third-order valence-electron chi connectivity index (χ3n) is 4.43. The molecule has 0 saturated carbocycles. The number of rotatable bonds is 10. The van der Waals surface area contributed by atoms with E-state index in [1.54, 1.807) is 0 Å². The van der Waals surface area contributed by atoms with Crippen LogP contribution < -0.4 is 0 Å². The lowest BCUT2D eigenvalue weighted by Crippen LogP contribution is -2.42. The van der Waals surface area contributed by atoms with Gasteiger partial charge in [0.15, 0.2) is 0 Å². The molecule has 0 amide bonds. The fraction of sp³-hybridized carbons (Fsp3) is 0.435. The summed E-state index contributed by atoms with van der Waals surface area (Å²) in [5, 5.41) is 0. The maximum Gasteiger partial charge on any atom is 0.347 e. The van der Waals surface area contributed by atoms with Gasteiger partial charge in [0, 0.05) is 13.2 Å². The summed E-state index contributed by atoms with van der Waals surface area (Å²) in [5.41, 5.74) is 0.314. The van der Waals surface area contributed by atoms with E-state index in [-0.39, 0.29) is 18.4 Å². The van der Waals surface area contributed by atoms with E-state index < -0.39 is 5.60 Å². The zero-order valence-electron chi connectivity index (χ0n) is 17.3. The number of carbonyl (C=O) groups is 1. The fourth-order valence-electron chi connectivity index (χ4n) is 2.84. The van der Waals surface area contributed by atoms with Crippen LogP contribution in [0, 0.1) is 5.92 Å². The number of halogens is 1. The smallest absolute Gasteiger partial charge is 0.347 e. The van der Waals surface area contributed by atoms with Crippen LogP contribution in [0.1, 0.15) is 31.4 Å². The molecular formula is C23H32ClNO3. The van der Waals surface area contributed by atoms with Gasteiger partial charge in [0.25, 0.3) is 0 Å². The Morgan fingerprint density at radius 2 is 1.43 bits per heavy atom. The van der Waals surface area contributed by atoms with Gasteiger partial charge in [0.1, 0.15) is 6.61 Å². The molecule has 154 valence electrons. The van der Waals surface area contributed by atoms with Crippen LogP contribution in [0.4, 0.5) is 0 Å². The Morgan fingerprint density at radius 1 is 0.929 bits per heavy atom. The van der Waals surface area contributed by atoms with Crippen molar-refractivity contribution in [3.63, 3.8) is 0 Å². The van der Waals surface area contributed by atoms with E-state index in [2.05, 4.69) is 13.8 Å². The van der Waals surface area contributed by atoms with Crippen LogP contribution in [0.25, 0.3) is 0 Å². The highest BCUT2D eigenvalue weighted by atomic mass is 35.5. The van der Waals surface area contributed by atoms with Gasteiger partial charge in [-0.2, -0.15) is 0 Å². The zero-order chi connectivity index (χ0) is 19.7. The van der Waals surface area contributed by atoms with Crippen molar-refractivity contribution in [1.29, 1.82) is 0 Å². The van der Waals surface area contributed by atoms with Gasteiger partial charge in [0.05, 0.1) is 0 Å². The summed E-state index contributed by atoms with van der Waals surface area (Å²) >= 11 is 0. The number of hydrogen-bond acceptors (Lipinski definition) is 4. The average Bonchev–Trinajstić information content (AvgIpc) is 2.66. The minimum absolute atomic E-state index is 0. The fourth-order valence-corrected chi connectivity index (χ4v) is 2.84. The Labute approximate surface area is 175 Å². The van der Waals surface area contributed by atoms with Crippen LogP contribution in [0.2, 0.25) is 0 Å². The van der Waals surface area contributed by atoms with Crippen molar-refractivity contribution in [2.24, 2.45) is 5.92 Å². The Bertz CT molecular complexity index is 650. The van der Waals surface area contributed by atoms with Gasteiger partial charge in [-0.3, -0.25) is 0 Å². The highest BCUT2D eigenvalue weighted by molar-refractivity contribution is 5.86. The second-order valence-corrected chi connectivity index (χ2v) is 7.38. The molecule has 5 heteroatoms. The number of carbonyl (C=O) groups excluding carboxylic acids is 1. The summed E-state index contributed by atoms with van der Waals surface area (Å²) in [6.45, 7) is 5.75. The van der Waals surface area contributed by atoms with Crippen LogP contribution in [0.5, 0.6) is 0 Å². The van der Waals surface area contributed by atoms with Crippen LogP contribution in [-0.2, 0) is 19.9 Å². The molecule has 0 N–H and O–H groups in total. The van der Waals surface area contributed by atoms with Crippen LogP contribution in [-0.4, -0.2) is 44.7 Å². The molecule has 4 nitrogen and oxygen atoms in total. The molecular weight excluding hydrogens is 374 g/mol. The lowest BCUT2D eigenvalue weighted by atomic mass is 9.86. The zero-order valence-corrected chi connectivity index (χ0v) is 18.1. The molecule has 0 radical (unpaired) electrons. The van der Waals surface area contributed by atoms with Crippen molar-refractivity contribution < 1.29 is 14.3 Å². The first kappa shape index (κ1) is 24.2. The number of hydrogen-bond donors (Lipinski definition) is 0. The van der Waals surface area contributed by atoms with Crippen molar-refractivity contribution in [2.45, 2.75) is 25.9 Å². The van der Waals surface area contributed by atoms with Gasteiger partial charge < -0.3 is 14.4 Å². The Hall–Kier alpha value is -1.88. The number of nitrogens with zero attached hydrogens (tertiary/aromatic N) is 1. The van der Waals surface area contributed by atoms with E-state index in [0.717, 1.165) is 17.5 Å². The molecule has 2 aromatic rings. The predicted octanol–water partition coefficient (Wildman–Crippen LogP) is 4.52. The summed E-state index contributed by atoms with van der Waals surface area (Å²) in [6.07, 6.45) is 0.867. The number of benzene rings is 2. The summed E-state index contributed by atoms with van der Waals surface area (Å²) in [7, 11) is 3.91. The van der Waals surface area contributed by atoms with Gasteiger partial charge >= 0.3 is 5.97 Å². The lowest BCUT2D eigenvalue weighted by molar-refractivity contribution is -0.169. The average molecular weight is 406 g/mol. The standard InChI is InChI=1S/C23H31NO3.ClH/c1-19(2)15-17-27-23(20-11-7-5-8-12-20,21-13-9-6-10-14-21)22(25)26-18-16-24(3)4;/h5-14,19H,15-18H2,1-4H3;1H. The SMILES string of the molecule is CC(C)CCOC(C(=O)OCCN(C)C)(c1ccccc1)c1ccccc1.Cl. The second-order valence-electron chi connectivity index (χ2n) is 7.38. The highest BCUT2D eigenvalue weighted by Crippen LogP contribution is 2.35. The minimum Gasteiger partial charge on any atom is -0.462 e. The largest absolute Gasteiger partial charge is 0.462 e. The molecule has 0 spiro atoms. The number of likely N-dealkylation sites (N-methyl/N-ethyl adjacent to an activating group) is 1. The van der Waals surface area contributed by atoms with Gasteiger partial charge in [-0.15, -0.1) is 12.4 Å². The van der Waals surface area contributed by atoms with Crippen molar-refractivity contribution in [3.8, 4) is 0 Å².